The molecule has 1 unspecified atom stereocenters. The van der Waals surface area contributed by atoms with E-state index >= 15 is 0 Å². The minimum atomic E-state index is -2.15. The first-order valence-electron chi connectivity index (χ1n) is 9.41. The quantitative estimate of drug-likeness (QED) is 0.387. The molecule has 7 heteroatoms. The van der Waals surface area contributed by atoms with Crippen molar-refractivity contribution in [2.45, 2.75) is 45.2 Å². The topological polar surface area (TPSA) is 111 Å². The number of aliphatic hydroxyl groups is 2. The Morgan fingerprint density at radius 2 is 1.86 bits per heavy atom. The third-order valence-electron chi connectivity index (χ3n) is 5.22. The summed E-state index contributed by atoms with van der Waals surface area (Å²) in [6.45, 7) is 5.17. The van der Waals surface area contributed by atoms with E-state index in [2.05, 4.69) is 0 Å². The Hall–Kier alpha value is -2.77. The number of anilines is 1. The van der Waals surface area contributed by atoms with E-state index in [0.29, 0.717) is 29.2 Å². The van der Waals surface area contributed by atoms with Gasteiger partial charge in [-0.3, -0.25) is 4.79 Å². The summed E-state index contributed by atoms with van der Waals surface area (Å²) in [5, 5.41) is 20.9. The predicted octanol–water partition coefficient (Wildman–Crippen LogP) is 2.51. The van der Waals surface area contributed by atoms with Crippen LogP contribution >= 0.6 is 0 Å². The lowest BCUT2D eigenvalue weighted by Gasteiger charge is -2.29. The highest BCUT2D eigenvalue weighted by Gasteiger charge is 2.54. The third kappa shape index (κ3) is 4.02. The number of hydrogen-bond donors (Lipinski definition) is 3. The van der Waals surface area contributed by atoms with Gasteiger partial charge in [0.2, 0.25) is 5.79 Å². The van der Waals surface area contributed by atoms with Crippen LogP contribution in [0.15, 0.2) is 36.4 Å². The molecular weight excluding hydrogens is 374 g/mol. The van der Waals surface area contributed by atoms with Crippen LogP contribution in [0, 0.1) is 5.92 Å². The number of nitrogens with two attached hydrogens (primary N) is 1. The van der Waals surface area contributed by atoms with Crippen LogP contribution in [0.5, 0.6) is 11.5 Å². The molecule has 0 aliphatic carbocycles. The van der Waals surface area contributed by atoms with E-state index in [-0.39, 0.29) is 24.1 Å². The maximum atomic E-state index is 11.5. The van der Waals surface area contributed by atoms with Crippen molar-refractivity contribution in [3.63, 3.8) is 0 Å². The van der Waals surface area contributed by atoms with Gasteiger partial charge in [0.25, 0.3) is 0 Å². The van der Waals surface area contributed by atoms with Crippen molar-refractivity contribution >= 4 is 11.7 Å². The molecule has 1 aliphatic heterocycles. The molecule has 3 rings (SSSR count). The minimum absolute atomic E-state index is 0.150. The van der Waals surface area contributed by atoms with E-state index in [1.54, 1.807) is 19.9 Å². The van der Waals surface area contributed by atoms with Gasteiger partial charge in [-0.05, 0) is 50.1 Å². The number of esters is 1. The molecule has 156 valence electrons. The summed E-state index contributed by atoms with van der Waals surface area (Å²) in [5.41, 5.74) is 6.97. The Morgan fingerprint density at radius 3 is 2.48 bits per heavy atom. The maximum absolute atomic E-state index is 11.5. The Morgan fingerprint density at radius 1 is 1.21 bits per heavy atom. The van der Waals surface area contributed by atoms with Gasteiger partial charge in [-0.15, -0.1) is 0 Å². The highest BCUT2D eigenvalue weighted by Crippen LogP contribution is 2.48. The maximum Gasteiger partial charge on any atom is 0.308 e. The van der Waals surface area contributed by atoms with Gasteiger partial charge >= 0.3 is 5.97 Å². The second-order valence-electron chi connectivity index (χ2n) is 7.90. The lowest BCUT2D eigenvalue weighted by molar-refractivity contribution is -0.243. The summed E-state index contributed by atoms with van der Waals surface area (Å²) in [5.74, 6) is -1.61. The summed E-state index contributed by atoms with van der Waals surface area (Å²) in [6, 6.07) is 10.6. The van der Waals surface area contributed by atoms with Gasteiger partial charge in [-0.25, -0.2) is 0 Å². The summed E-state index contributed by atoms with van der Waals surface area (Å²) >= 11 is 0. The lowest BCUT2D eigenvalue weighted by Crippen LogP contribution is -2.46. The van der Waals surface area contributed by atoms with Gasteiger partial charge in [-0.2, -0.15) is 0 Å². The number of benzene rings is 2. The molecular formula is C22H27NO6. The van der Waals surface area contributed by atoms with Gasteiger partial charge in [0.1, 0.15) is 18.1 Å². The molecule has 0 spiro atoms. The van der Waals surface area contributed by atoms with Crippen molar-refractivity contribution < 1.29 is 29.2 Å². The van der Waals surface area contributed by atoms with Crippen LogP contribution in [0.25, 0.3) is 0 Å². The molecule has 2 aromatic carbocycles. The fourth-order valence-corrected chi connectivity index (χ4v) is 3.37. The van der Waals surface area contributed by atoms with Crippen LogP contribution in [0.4, 0.5) is 5.69 Å². The van der Waals surface area contributed by atoms with E-state index < -0.39 is 11.4 Å². The number of fused-ring (bicyclic) bond motifs is 1. The number of ether oxygens (including phenoxy) is 3. The first kappa shape index (κ1) is 21.0. The normalized spacial score (nSPS) is 17.2. The van der Waals surface area contributed by atoms with Crippen molar-refractivity contribution in [1.29, 1.82) is 0 Å². The Labute approximate surface area is 170 Å². The first-order chi connectivity index (χ1) is 13.5. The fraction of sp³-hybridized carbons (Fsp3) is 0.409. The van der Waals surface area contributed by atoms with Crippen LogP contribution < -0.4 is 15.2 Å². The molecule has 1 aliphatic rings. The van der Waals surface area contributed by atoms with Crippen LogP contribution in [0.1, 0.15) is 37.5 Å². The SMILES string of the molecule is COC(=O)C(C)Cc1ccc(OCc2cc(N)cc3c2OC(C)(C)C3(O)O)cc1. The minimum Gasteiger partial charge on any atom is -0.489 e. The predicted molar refractivity (Wildman–Crippen MR) is 107 cm³/mol. The van der Waals surface area contributed by atoms with Crippen LogP contribution in [-0.4, -0.2) is 28.9 Å². The third-order valence-corrected chi connectivity index (χ3v) is 5.22. The summed E-state index contributed by atoms with van der Waals surface area (Å²) < 4.78 is 16.4. The Kier molecular flexibility index (Phi) is 5.47. The standard InChI is InChI=1S/C22H27NO6/c1-13(20(24)27-4)9-14-5-7-17(8-6-14)28-12-15-10-16(23)11-18-19(15)29-21(2,3)22(18,25)26/h5-8,10-11,13,25-26H,9,12,23H2,1-4H3. The Bertz CT molecular complexity index is 904. The number of carbonyl (C=O) groups is 1. The molecule has 0 saturated carbocycles. The molecule has 1 heterocycles. The number of carbonyl (C=O) groups excluding carboxylic acids is 1. The van der Waals surface area contributed by atoms with Crippen molar-refractivity contribution in [1.82, 2.24) is 0 Å². The summed E-state index contributed by atoms with van der Waals surface area (Å²) in [7, 11) is 1.38. The second kappa shape index (κ2) is 7.57. The van der Waals surface area contributed by atoms with E-state index in [1.165, 1.54) is 13.2 Å². The number of methoxy groups -OCH3 is 1. The zero-order valence-electron chi connectivity index (χ0n) is 17.1. The second-order valence-corrected chi connectivity index (χ2v) is 7.90. The highest BCUT2D eigenvalue weighted by molar-refractivity contribution is 5.72. The van der Waals surface area contributed by atoms with Gasteiger partial charge < -0.3 is 30.2 Å². The molecule has 0 amide bonds. The largest absolute Gasteiger partial charge is 0.489 e. The highest BCUT2D eigenvalue weighted by atomic mass is 16.6. The number of hydrogen-bond acceptors (Lipinski definition) is 7. The van der Waals surface area contributed by atoms with Crippen LogP contribution in [0.3, 0.4) is 0 Å². The van der Waals surface area contributed by atoms with Gasteiger partial charge in [0.15, 0.2) is 5.60 Å². The van der Waals surface area contributed by atoms with Crippen molar-refractivity contribution in [3.8, 4) is 11.5 Å². The molecule has 0 fully saturated rings. The van der Waals surface area contributed by atoms with Crippen LogP contribution in [0.2, 0.25) is 0 Å². The van der Waals surface area contributed by atoms with E-state index in [4.69, 9.17) is 19.9 Å². The zero-order valence-corrected chi connectivity index (χ0v) is 17.1. The van der Waals surface area contributed by atoms with Crippen LogP contribution in [-0.2, 0) is 28.3 Å². The smallest absolute Gasteiger partial charge is 0.308 e. The molecule has 0 aromatic heterocycles. The molecule has 0 bridgehead atoms. The molecule has 0 radical (unpaired) electrons. The van der Waals surface area contributed by atoms with E-state index in [9.17, 15) is 15.0 Å². The van der Waals surface area contributed by atoms with E-state index in [1.807, 2.05) is 31.2 Å². The lowest BCUT2D eigenvalue weighted by atomic mass is 9.92. The van der Waals surface area contributed by atoms with Gasteiger partial charge in [-0.1, -0.05) is 19.1 Å². The van der Waals surface area contributed by atoms with Gasteiger partial charge in [0, 0.05) is 11.3 Å². The van der Waals surface area contributed by atoms with E-state index in [0.717, 1.165) is 5.56 Å². The van der Waals surface area contributed by atoms with Crippen molar-refractivity contribution in [3.05, 3.63) is 53.1 Å². The summed E-state index contributed by atoms with van der Waals surface area (Å²) in [6.07, 6.45) is 0.577. The molecule has 7 nitrogen and oxygen atoms in total. The number of rotatable bonds is 6. The zero-order chi connectivity index (χ0) is 21.4. The first-order valence-corrected chi connectivity index (χ1v) is 9.41. The van der Waals surface area contributed by atoms with Crippen molar-refractivity contribution in [2.75, 3.05) is 12.8 Å². The summed E-state index contributed by atoms with van der Waals surface area (Å²) in [4.78, 5) is 11.5. The monoisotopic (exact) mass is 401 g/mol. The fourth-order valence-electron chi connectivity index (χ4n) is 3.37. The molecule has 1 atom stereocenters. The molecule has 4 N–H and O–H groups in total. The average Bonchev–Trinajstić information content (AvgIpc) is 2.85. The number of nitrogen functional groups attached to an aromatic ring is 1. The molecule has 2 aromatic rings. The Balaban J connectivity index is 1.73. The van der Waals surface area contributed by atoms with Gasteiger partial charge in [0.05, 0.1) is 18.6 Å². The molecule has 29 heavy (non-hydrogen) atoms. The van der Waals surface area contributed by atoms with Crippen molar-refractivity contribution in [2.24, 2.45) is 5.92 Å². The average molecular weight is 401 g/mol. The molecule has 0 saturated heterocycles.